The van der Waals surface area contributed by atoms with Crippen molar-refractivity contribution in [1.29, 1.82) is 0 Å². The number of fused-ring (bicyclic) bond motifs is 1. The monoisotopic (exact) mass is 290 g/mol. The summed E-state index contributed by atoms with van der Waals surface area (Å²) in [6, 6.07) is 3.21. The molecule has 110 valence electrons. The zero-order valence-electron chi connectivity index (χ0n) is 11.6. The molecule has 0 spiro atoms. The average Bonchev–Trinajstić information content (AvgIpc) is 3.10. The number of hydrogen-bond acceptors (Lipinski definition) is 3. The third-order valence-electron chi connectivity index (χ3n) is 4.16. The third-order valence-corrected chi connectivity index (χ3v) is 4.16. The summed E-state index contributed by atoms with van der Waals surface area (Å²) in [5.74, 6) is -0.492. The van der Waals surface area contributed by atoms with Crippen LogP contribution in [0, 0.1) is 5.82 Å². The molecule has 4 rings (SSSR count). The molecule has 0 unspecified atom stereocenters. The number of cyclic esters (lactones) is 1. The quantitative estimate of drug-likeness (QED) is 0.839. The van der Waals surface area contributed by atoms with Crippen LogP contribution >= 0.6 is 0 Å². The summed E-state index contributed by atoms with van der Waals surface area (Å²) >= 11 is 0. The van der Waals surface area contributed by atoms with E-state index in [0.29, 0.717) is 23.5 Å². The molecule has 5 nitrogen and oxygen atoms in total. The van der Waals surface area contributed by atoms with Gasteiger partial charge in [-0.15, -0.1) is 0 Å². The van der Waals surface area contributed by atoms with Gasteiger partial charge in [-0.25, -0.2) is 9.18 Å². The average molecular weight is 290 g/mol. The first-order chi connectivity index (χ1) is 10.0. The largest absolute Gasteiger partial charge is 0.444 e. The van der Waals surface area contributed by atoms with Crippen molar-refractivity contribution in [2.24, 2.45) is 0 Å². The number of benzene rings is 1. The van der Waals surface area contributed by atoms with Crippen LogP contribution in [0.4, 0.5) is 20.6 Å². The number of anilines is 2. The number of amides is 2. The zero-order chi connectivity index (χ0) is 14.7. The van der Waals surface area contributed by atoms with Gasteiger partial charge in [0.05, 0.1) is 24.3 Å². The van der Waals surface area contributed by atoms with Crippen molar-refractivity contribution in [2.75, 3.05) is 16.3 Å². The van der Waals surface area contributed by atoms with Crippen molar-refractivity contribution in [3.8, 4) is 0 Å². The fourth-order valence-electron chi connectivity index (χ4n) is 3.11. The Morgan fingerprint density at radius 1 is 1.29 bits per heavy atom. The molecule has 21 heavy (non-hydrogen) atoms. The van der Waals surface area contributed by atoms with Crippen molar-refractivity contribution in [3.05, 3.63) is 23.5 Å². The molecule has 1 saturated carbocycles. The Morgan fingerprint density at radius 3 is 2.67 bits per heavy atom. The number of rotatable bonds is 2. The Morgan fingerprint density at radius 2 is 2.05 bits per heavy atom. The number of carbonyl (C=O) groups excluding carboxylic acids is 2. The van der Waals surface area contributed by atoms with Gasteiger partial charge in [0.15, 0.2) is 0 Å². The molecule has 3 aliphatic rings. The minimum absolute atomic E-state index is 0.0547. The van der Waals surface area contributed by atoms with E-state index in [1.165, 1.54) is 11.0 Å². The van der Waals surface area contributed by atoms with Gasteiger partial charge in [-0.2, -0.15) is 0 Å². The highest BCUT2D eigenvalue weighted by molar-refractivity contribution is 6.03. The molecule has 1 saturated heterocycles. The lowest BCUT2D eigenvalue weighted by Crippen LogP contribution is -2.29. The summed E-state index contributed by atoms with van der Waals surface area (Å²) in [6.45, 7) is 2.19. The molecular formula is C15H15FN2O3. The fourth-order valence-corrected chi connectivity index (χ4v) is 3.11. The molecule has 0 N–H and O–H groups in total. The van der Waals surface area contributed by atoms with Crippen molar-refractivity contribution >= 4 is 23.4 Å². The Bertz CT molecular complexity index is 657. The first kappa shape index (κ1) is 12.6. The lowest BCUT2D eigenvalue weighted by atomic mass is 10.1. The second kappa shape index (κ2) is 4.19. The maximum Gasteiger partial charge on any atom is 0.414 e. The highest BCUT2D eigenvalue weighted by Gasteiger charge is 2.41. The van der Waals surface area contributed by atoms with Gasteiger partial charge in [0, 0.05) is 6.04 Å². The van der Waals surface area contributed by atoms with E-state index in [-0.39, 0.29) is 24.5 Å². The van der Waals surface area contributed by atoms with E-state index in [4.69, 9.17) is 4.74 Å². The smallest absolute Gasteiger partial charge is 0.414 e. The van der Waals surface area contributed by atoms with Gasteiger partial charge in [-0.3, -0.25) is 9.69 Å². The molecule has 6 heteroatoms. The van der Waals surface area contributed by atoms with Gasteiger partial charge in [-0.05, 0) is 37.5 Å². The predicted octanol–water partition coefficient (Wildman–Crippen LogP) is 2.22. The molecule has 1 aliphatic carbocycles. The van der Waals surface area contributed by atoms with Gasteiger partial charge in [0.1, 0.15) is 11.9 Å². The summed E-state index contributed by atoms with van der Waals surface area (Å²) in [5, 5.41) is 0. The highest BCUT2D eigenvalue weighted by Crippen LogP contribution is 2.42. The molecule has 1 aromatic carbocycles. The van der Waals surface area contributed by atoms with Gasteiger partial charge in [0.2, 0.25) is 5.91 Å². The van der Waals surface area contributed by atoms with E-state index in [2.05, 4.69) is 0 Å². The van der Waals surface area contributed by atoms with Crippen LogP contribution in [0.15, 0.2) is 12.1 Å². The summed E-state index contributed by atoms with van der Waals surface area (Å²) in [5.41, 5.74) is 1.52. The minimum atomic E-state index is -0.467. The van der Waals surface area contributed by atoms with Crippen LogP contribution in [0.1, 0.15) is 25.3 Å². The molecule has 1 atom stereocenters. The molecule has 2 heterocycles. The van der Waals surface area contributed by atoms with Crippen molar-refractivity contribution in [2.45, 2.75) is 38.3 Å². The van der Waals surface area contributed by atoms with Crippen LogP contribution in [0.25, 0.3) is 0 Å². The number of ether oxygens (including phenoxy) is 1. The number of hydrogen-bond donors (Lipinski definition) is 0. The molecule has 0 radical (unpaired) electrons. The highest BCUT2D eigenvalue weighted by atomic mass is 19.1. The summed E-state index contributed by atoms with van der Waals surface area (Å²) in [4.78, 5) is 26.8. The van der Waals surface area contributed by atoms with Crippen LogP contribution in [-0.4, -0.2) is 30.7 Å². The predicted molar refractivity (Wildman–Crippen MR) is 73.9 cm³/mol. The summed E-state index contributed by atoms with van der Waals surface area (Å²) in [7, 11) is 0. The maximum atomic E-state index is 14.5. The van der Waals surface area contributed by atoms with Crippen molar-refractivity contribution in [3.63, 3.8) is 0 Å². The van der Waals surface area contributed by atoms with Crippen LogP contribution in [0.5, 0.6) is 0 Å². The second-order valence-electron chi connectivity index (χ2n) is 5.91. The molecule has 2 aliphatic heterocycles. The second-order valence-corrected chi connectivity index (χ2v) is 5.91. The summed E-state index contributed by atoms with van der Waals surface area (Å²) < 4.78 is 19.5. The first-order valence-corrected chi connectivity index (χ1v) is 7.17. The van der Waals surface area contributed by atoms with Gasteiger partial charge in [0.25, 0.3) is 0 Å². The van der Waals surface area contributed by atoms with Gasteiger partial charge in [-0.1, -0.05) is 0 Å². The normalized spacial score (nSPS) is 24.6. The summed E-state index contributed by atoms with van der Waals surface area (Å²) in [6.07, 6.45) is 1.39. The molecular weight excluding hydrogens is 275 g/mol. The van der Waals surface area contributed by atoms with E-state index in [1.807, 2.05) is 0 Å². The standard InChI is InChI=1S/C15H15FN2O3/c1-8-7-17(15(20)21-8)11-4-9-5-13(19)18(10-2-3-10)14(9)12(16)6-11/h4,6,8,10H,2-3,5,7H2,1H3/t8-/m0/s1. The Kier molecular flexibility index (Phi) is 2.52. The number of carbonyl (C=O) groups is 2. The Labute approximate surface area is 121 Å². The van der Waals surface area contributed by atoms with E-state index in [0.717, 1.165) is 12.8 Å². The van der Waals surface area contributed by atoms with E-state index >= 15 is 0 Å². The van der Waals surface area contributed by atoms with Crippen molar-refractivity contribution < 1.29 is 18.7 Å². The Hall–Kier alpha value is -2.11. The third kappa shape index (κ3) is 1.89. The van der Waals surface area contributed by atoms with Crippen LogP contribution in [-0.2, 0) is 16.0 Å². The van der Waals surface area contributed by atoms with Crippen LogP contribution in [0.2, 0.25) is 0 Å². The molecule has 2 fully saturated rings. The number of halogens is 1. The van der Waals surface area contributed by atoms with Crippen LogP contribution < -0.4 is 9.80 Å². The van der Waals surface area contributed by atoms with E-state index in [1.54, 1.807) is 17.9 Å². The topological polar surface area (TPSA) is 49.9 Å². The minimum Gasteiger partial charge on any atom is -0.444 e. The first-order valence-electron chi connectivity index (χ1n) is 7.17. The van der Waals surface area contributed by atoms with E-state index in [9.17, 15) is 14.0 Å². The lowest BCUT2D eigenvalue weighted by Gasteiger charge is -2.19. The Balaban J connectivity index is 1.74. The van der Waals surface area contributed by atoms with E-state index < -0.39 is 11.9 Å². The SMILES string of the molecule is C[C@H]1CN(c2cc(F)c3c(c2)CC(=O)N3C2CC2)C(=O)O1. The maximum absolute atomic E-state index is 14.5. The molecule has 0 aromatic heterocycles. The molecule has 1 aromatic rings. The molecule has 2 amide bonds. The van der Waals surface area contributed by atoms with Crippen LogP contribution in [0.3, 0.4) is 0 Å². The van der Waals surface area contributed by atoms with Gasteiger partial charge >= 0.3 is 6.09 Å². The lowest BCUT2D eigenvalue weighted by molar-refractivity contribution is -0.117. The fraction of sp³-hybridized carbons (Fsp3) is 0.467. The zero-order valence-corrected chi connectivity index (χ0v) is 11.6. The number of nitrogens with zero attached hydrogens (tertiary/aromatic N) is 2. The molecule has 0 bridgehead atoms. The van der Waals surface area contributed by atoms with Crippen molar-refractivity contribution in [1.82, 2.24) is 0 Å². The van der Waals surface area contributed by atoms with Gasteiger partial charge < -0.3 is 9.64 Å².